The molecule has 0 aliphatic carbocycles. The number of ether oxygens (including phenoxy) is 3. The van der Waals surface area contributed by atoms with Crippen molar-refractivity contribution in [3.63, 3.8) is 0 Å². The van der Waals surface area contributed by atoms with Crippen LogP contribution in [0, 0.1) is 0 Å². The third-order valence-corrected chi connectivity index (χ3v) is 8.18. The van der Waals surface area contributed by atoms with Gasteiger partial charge in [0.2, 0.25) is 0 Å². The van der Waals surface area contributed by atoms with Crippen LogP contribution in [0.25, 0.3) is 0 Å². The first-order valence-electron chi connectivity index (χ1n) is 19.2. The molecule has 0 N–H and O–H groups in total. The maximum absolute atomic E-state index is 12.6. The predicted octanol–water partition coefficient (Wildman–Crippen LogP) is 8.35. The van der Waals surface area contributed by atoms with Crippen LogP contribution >= 0.6 is 0 Å². The summed E-state index contributed by atoms with van der Waals surface area (Å²) in [6, 6.07) is -0.729. The number of esters is 2. The summed E-state index contributed by atoms with van der Waals surface area (Å²) in [5, 5.41) is 11.6. The third kappa shape index (κ3) is 31.0. The summed E-state index contributed by atoms with van der Waals surface area (Å²) < 4.78 is 17.0. The van der Waals surface area contributed by atoms with Crippen molar-refractivity contribution in [1.29, 1.82) is 0 Å². The van der Waals surface area contributed by atoms with Crippen LogP contribution in [-0.2, 0) is 28.6 Å². The van der Waals surface area contributed by atoms with E-state index in [1.807, 2.05) is 0 Å². The van der Waals surface area contributed by atoms with Crippen molar-refractivity contribution < 1.29 is 38.2 Å². The number of carbonyl (C=O) groups excluding carboxylic acids is 3. The van der Waals surface area contributed by atoms with E-state index in [2.05, 4.69) is 62.5 Å². The molecule has 0 fully saturated rings. The molecule has 49 heavy (non-hydrogen) atoms. The van der Waals surface area contributed by atoms with Crippen molar-refractivity contribution in [1.82, 2.24) is 0 Å². The molecule has 0 heterocycles. The van der Waals surface area contributed by atoms with E-state index in [0.717, 1.165) is 96.3 Å². The summed E-state index contributed by atoms with van der Waals surface area (Å²) in [5.74, 6) is -1.78. The van der Waals surface area contributed by atoms with E-state index in [9.17, 15) is 19.5 Å². The van der Waals surface area contributed by atoms with Crippen LogP contribution < -0.4 is 5.11 Å². The molecule has 0 aromatic heterocycles. The van der Waals surface area contributed by atoms with Crippen molar-refractivity contribution >= 4 is 17.9 Å². The smallest absolute Gasteiger partial charge is 0.306 e. The number of hydrogen-bond acceptors (Lipinski definition) is 7. The summed E-state index contributed by atoms with van der Waals surface area (Å²) >= 11 is 0. The molecule has 282 valence electrons. The van der Waals surface area contributed by atoms with Gasteiger partial charge < -0.3 is 28.6 Å². The number of carboxylic acids is 1. The SMILES string of the molecule is CC/C=C\C/C=C\C/C=C\CCCCCCCC(=O)OC(COCCC(C(=O)[O-])[N+](C)(C)C)COC(=O)CCCCCCC/C=C\CCC. The van der Waals surface area contributed by atoms with Crippen LogP contribution in [-0.4, -0.2) is 75.5 Å². The Labute approximate surface area is 299 Å². The number of carbonyl (C=O) groups is 3. The highest BCUT2D eigenvalue weighted by molar-refractivity contribution is 5.70. The van der Waals surface area contributed by atoms with E-state index in [0.29, 0.717) is 12.8 Å². The lowest BCUT2D eigenvalue weighted by molar-refractivity contribution is -0.889. The standard InChI is InChI=1S/C41H71NO7/c1-6-8-10-12-14-16-18-19-20-21-22-24-26-28-30-32-40(44)49-37(35-47-34-33-38(41(45)46)42(3,4)5)36-48-39(43)31-29-27-25-23-17-15-13-11-9-7-2/h8,10-11,13-14,16,19-20,37-38H,6-7,9,12,15,17-18,21-36H2,1-5H3/b10-8-,13-11-,16-14-,20-19-. The van der Waals surface area contributed by atoms with Crippen LogP contribution in [0.15, 0.2) is 48.6 Å². The maximum atomic E-state index is 12.6. The van der Waals surface area contributed by atoms with Gasteiger partial charge in [-0.2, -0.15) is 0 Å². The van der Waals surface area contributed by atoms with Gasteiger partial charge in [-0.1, -0.05) is 107 Å². The van der Waals surface area contributed by atoms with Gasteiger partial charge in [-0.25, -0.2) is 0 Å². The molecule has 0 bridgehead atoms. The first-order valence-corrected chi connectivity index (χ1v) is 19.2. The third-order valence-electron chi connectivity index (χ3n) is 8.18. The first kappa shape index (κ1) is 46.3. The average molecular weight is 690 g/mol. The van der Waals surface area contributed by atoms with Crippen molar-refractivity contribution in [2.24, 2.45) is 0 Å². The van der Waals surface area contributed by atoms with E-state index < -0.39 is 18.1 Å². The van der Waals surface area contributed by atoms with E-state index in [1.54, 1.807) is 21.1 Å². The fourth-order valence-corrected chi connectivity index (χ4v) is 5.20. The molecular weight excluding hydrogens is 618 g/mol. The molecule has 0 saturated carbocycles. The molecule has 0 spiro atoms. The Morgan fingerprint density at radius 3 is 1.71 bits per heavy atom. The van der Waals surface area contributed by atoms with Gasteiger partial charge in [-0.3, -0.25) is 9.59 Å². The number of carboxylic acid groups (broad SMARTS) is 1. The molecule has 2 unspecified atom stereocenters. The zero-order chi connectivity index (χ0) is 36.4. The van der Waals surface area contributed by atoms with E-state index in [4.69, 9.17) is 14.2 Å². The molecule has 2 atom stereocenters. The summed E-state index contributed by atoms with van der Waals surface area (Å²) in [6.07, 6.45) is 35.6. The Hall–Kier alpha value is -2.71. The Balaban J connectivity index is 4.46. The van der Waals surface area contributed by atoms with Crippen molar-refractivity contribution in [2.75, 3.05) is 41.0 Å². The van der Waals surface area contributed by atoms with Gasteiger partial charge in [0.05, 0.1) is 40.3 Å². The summed E-state index contributed by atoms with van der Waals surface area (Å²) in [6.45, 7) is 4.43. The van der Waals surface area contributed by atoms with Crippen LogP contribution in [0.1, 0.15) is 142 Å². The predicted molar refractivity (Wildman–Crippen MR) is 199 cm³/mol. The summed E-state index contributed by atoms with van der Waals surface area (Å²) in [4.78, 5) is 36.6. The zero-order valence-electron chi connectivity index (χ0n) is 31.8. The van der Waals surface area contributed by atoms with Gasteiger partial charge in [-0.15, -0.1) is 0 Å². The van der Waals surface area contributed by atoms with E-state index in [-0.39, 0.29) is 42.7 Å². The quantitative estimate of drug-likeness (QED) is 0.0295. The minimum Gasteiger partial charge on any atom is -0.544 e. The number of aliphatic carboxylic acids is 1. The summed E-state index contributed by atoms with van der Waals surface area (Å²) in [5.41, 5.74) is 0. The molecule has 0 radical (unpaired) electrons. The number of likely N-dealkylation sites (N-methyl/N-ethyl adjacent to an activating group) is 1. The van der Waals surface area contributed by atoms with Crippen LogP contribution in [0.4, 0.5) is 0 Å². The fourth-order valence-electron chi connectivity index (χ4n) is 5.20. The molecule has 0 aliphatic heterocycles. The molecule has 0 aliphatic rings. The maximum Gasteiger partial charge on any atom is 0.306 e. The van der Waals surface area contributed by atoms with E-state index in [1.165, 1.54) is 12.8 Å². The van der Waals surface area contributed by atoms with E-state index >= 15 is 0 Å². The number of nitrogens with zero attached hydrogens (tertiary/aromatic N) is 1. The lowest BCUT2D eigenvalue weighted by Crippen LogP contribution is -2.55. The highest BCUT2D eigenvalue weighted by Crippen LogP contribution is 2.12. The minimum atomic E-state index is -1.13. The number of quaternary nitrogens is 1. The fraction of sp³-hybridized carbons (Fsp3) is 0.732. The second kappa shape index (κ2) is 32.5. The normalized spacial score (nSPS) is 13.6. The minimum absolute atomic E-state index is 0.0296. The van der Waals surface area contributed by atoms with Crippen LogP contribution in [0.2, 0.25) is 0 Å². The van der Waals surface area contributed by atoms with Gasteiger partial charge in [0.1, 0.15) is 12.6 Å². The Bertz CT molecular complexity index is 948. The van der Waals surface area contributed by atoms with Gasteiger partial charge in [0.25, 0.3) is 0 Å². The monoisotopic (exact) mass is 690 g/mol. The molecular formula is C41H71NO7. The highest BCUT2D eigenvalue weighted by atomic mass is 16.6. The lowest BCUT2D eigenvalue weighted by Gasteiger charge is -2.34. The molecule has 0 rings (SSSR count). The largest absolute Gasteiger partial charge is 0.544 e. The van der Waals surface area contributed by atoms with Gasteiger partial charge in [0, 0.05) is 19.3 Å². The van der Waals surface area contributed by atoms with Crippen molar-refractivity contribution in [3.05, 3.63) is 48.6 Å². The molecule has 0 aromatic carbocycles. The zero-order valence-corrected chi connectivity index (χ0v) is 31.8. The van der Waals surface area contributed by atoms with Crippen molar-refractivity contribution in [2.45, 2.75) is 154 Å². The van der Waals surface area contributed by atoms with Gasteiger partial charge in [0.15, 0.2) is 6.10 Å². The highest BCUT2D eigenvalue weighted by Gasteiger charge is 2.25. The Morgan fingerprint density at radius 2 is 1.14 bits per heavy atom. The van der Waals surface area contributed by atoms with Gasteiger partial charge in [-0.05, 0) is 64.2 Å². The molecule has 8 heteroatoms. The lowest BCUT2D eigenvalue weighted by atomic mass is 10.1. The average Bonchev–Trinajstić information content (AvgIpc) is 3.05. The number of rotatable bonds is 33. The topological polar surface area (TPSA) is 102 Å². The molecule has 0 amide bonds. The second-order valence-corrected chi connectivity index (χ2v) is 13.8. The van der Waals surface area contributed by atoms with Crippen LogP contribution in [0.5, 0.6) is 0 Å². The Kier molecular flexibility index (Phi) is 30.7. The molecule has 8 nitrogen and oxygen atoms in total. The number of unbranched alkanes of at least 4 members (excludes halogenated alkanes) is 11. The number of allylic oxidation sites excluding steroid dienone is 8. The molecule has 0 aromatic rings. The first-order chi connectivity index (χ1) is 23.6. The van der Waals surface area contributed by atoms with Crippen LogP contribution in [0.3, 0.4) is 0 Å². The second-order valence-electron chi connectivity index (χ2n) is 13.8. The number of hydrogen-bond donors (Lipinski definition) is 0. The Morgan fingerprint density at radius 1 is 0.633 bits per heavy atom. The van der Waals surface area contributed by atoms with Gasteiger partial charge >= 0.3 is 11.9 Å². The molecule has 0 saturated heterocycles. The summed E-state index contributed by atoms with van der Waals surface area (Å²) in [7, 11) is 5.38. The van der Waals surface area contributed by atoms with Crippen molar-refractivity contribution in [3.8, 4) is 0 Å².